The zero-order chi connectivity index (χ0) is 18.0. The molecule has 0 aliphatic heterocycles. The van der Waals surface area contributed by atoms with Crippen LogP contribution < -0.4 is 10.6 Å². The highest BCUT2D eigenvalue weighted by Crippen LogP contribution is 2.24. The maximum absolute atomic E-state index is 12.9. The van der Waals surface area contributed by atoms with Crippen molar-refractivity contribution >= 4 is 23.4 Å². The summed E-state index contributed by atoms with van der Waals surface area (Å²) in [5.74, 6) is -0.572. The van der Waals surface area contributed by atoms with Crippen molar-refractivity contribution in [3.8, 4) is 0 Å². The predicted octanol–water partition coefficient (Wildman–Crippen LogP) is 0.980. The first kappa shape index (κ1) is 17.5. The Morgan fingerprint density at radius 3 is 2.62 bits per heavy atom. The minimum atomic E-state index is -0.534. The first-order valence-electron chi connectivity index (χ1n) is 7.63. The van der Waals surface area contributed by atoms with Gasteiger partial charge in [0.25, 0.3) is 5.91 Å². The van der Waals surface area contributed by atoms with E-state index >= 15 is 0 Å². The van der Waals surface area contributed by atoms with Gasteiger partial charge >= 0.3 is 5.97 Å². The summed E-state index contributed by atoms with van der Waals surface area (Å²) < 4.78 is 8.01. The van der Waals surface area contributed by atoms with E-state index in [-0.39, 0.29) is 23.8 Å². The highest BCUT2D eigenvalue weighted by Gasteiger charge is 2.28. The lowest BCUT2D eigenvalue weighted by Crippen LogP contribution is -2.32. The molecule has 0 fully saturated rings. The lowest BCUT2D eigenvalue weighted by atomic mass is 10.2. The molecule has 0 spiro atoms. The van der Waals surface area contributed by atoms with E-state index in [4.69, 9.17) is 10.5 Å². The third kappa shape index (κ3) is 2.84. The summed E-state index contributed by atoms with van der Waals surface area (Å²) in [7, 11) is 3.21. The number of carbonyl (C=O) groups excluding carboxylic acids is 2. The van der Waals surface area contributed by atoms with Crippen molar-refractivity contribution in [2.24, 2.45) is 7.05 Å². The molecule has 24 heavy (non-hydrogen) atoms. The van der Waals surface area contributed by atoms with Crippen molar-refractivity contribution in [3.05, 3.63) is 23.1 Å². The third-order valence-corrected chi connectivity index (χ3v) is 3.70. The molecule has 2 N–H and O–H groups in total. The Kier molecular flexibility index (Phi) is 4.91. The number of ether oxygens (including phenoxy) is 1. The Morgan fingerprint density at radius 1 is 1.38 bits per heavy atom. The Morgan fingerprint density at radius 2 is 2.04 bits per heavy atom. The summed E-state index contributed by atoms with van der Waals surface area (Å²) in [6.07, 6.45) is 1.38. The molecule has 130 valence electrons. The third-order valence-electron chi connectivity index (χ3n) is 3.70. The van der Waals surface area contributed by atoms with Crippen LogP contribution in [0.25, 0.3) is 0 Å². The molecule has 0 bridgehead atoms. The monoisotopic (exact) mass is 334 g/mol. The van der Waals surface area contributed by atoms with Crippen molar-refractivity contribution in [2.75, 3.05) is 24.3 Å². The second-order valence-electron chi connectivity index (χ2n) is 5.25. The maximum atomic E-state index is 12.9. The Hall–Kier alpha value is -2.84. The van der Waals surface area contributed by atoms with E-state index < -0.39 is 5.97 Å². The van der Waals surface area contributed by atoms with Crippen molar-refractivity contribution < 1.29 is 14.3 Å². The molecule has 0 saturated carbocycles. The van der Waals surface area contributed by atoms with Crippen LogP contribution in [0, 0.1) is 6.92 Å². The van der Waals surface area contributed by atoms with E-state index in [0.717, 1.165) is 0 Å². The van der Waals surface area contributed by atoms with Crippen molar-refractivity contribution in [1.29, 1.82) is 0 Å². The molecule has 0 aromatic carbocycles. The van der Waals surface area contributed by atoms with Crippen LogP contribution in [-0.2, 0) is 18.3 Å². The van der Waals surface area contributed by atoms with E-state index in [9.17, 15) is 9.59 Å². The van der Waals surface area contributed by atoms with Crippen LogP contribution in [0.1, 0.15) is 40.4 Å². The van der Waals surface area contributed by atoms with Gasteiger partial charge in [-0.3, -0.25) is 19.1 Å². The smallest absolute Gasteiger partial charge is 0.343 e. The zero-order valence-corrected chi connectivity index (χ0v) is 14.5. The highest BCUT2D eigenvalue weighted by atomic mass is 16.5. The van der Waals surface area contributed by atoms with Crippen molar-refractivity contribution in [3.63, 3.8) is 0 Å². The van der Waals surface area contributed by atoms with Gasteiger partial charge < -0.3 is 10.5 Å². The summed E-state index contributed by atoms with van der Waals surface area (Å²) in [5.41, 5.74) is 7.43. The fraction of sp³-hybridized carbons (Fsp3) is 0.467. The highest BCUT2D eigenvalue weighted by molar-refractivity contribution is 6.10. The van der Waals surface area contributed by atoms with Crippen molar-refractivity contribution in [2.45, 2.75) is 27.3 Å². The van der Waals surface area contributed by atoms with Gasteiger partial charge in [-0.2, -0.15) is 10.2 Å². The fourth-order valence-corrected chi connectivity index (χ4v) is 2.49. The van der Waals surface area contributed by atoms with Gasteiger partial charge in [-0.1, -0.05) is 0 Å². The minimum absolute atomic E-state index is 0.216. The molecular formula is C15H22N6O3. The zero-order valence-electron chi connectivity index (χ0n) is 14.5. The Bertz CT molecular complexity index is 777. The summed E-state index contributed by atoms with van der Waals surface area (Å²) in [5, 5.41) is 8.31. The van der Waals surface area contributed by atoms with E-state index in [1.807, 2.05) is 6.92 Å². The molecular weight excluding hydrogens is 312 g/mol. The number of nitrogens with zero attached hydrogens (tertiary/aromatic N) is 5. The van der Waals surface area contributed by atoms with E-state index in [2.05, 4.69) is 10.2 Å². The lowest BCUT2D eigenvalue weighted by molar-refractivity contribution is 0.0527. The molecule has 2 aromatic rings. The van der Waals surface area contributed by atoms with Gasteiger partial charge in [0.05, 0.1) is 24.2 Å². The fourth-order valence-electron chi connectivity index (χ4n) is 2.49. The number of carbonyl (C=O) groups is 2. The summed E-state index contributed by atoms with van der Waals surface area (Å²) in [6.45, 7) is 6.07. The number of esters is 1. The minimum Gasteiger partial charge on any atom is -0.462 e. The van der Waals surface area contributed by atoms with Crippen molar-refractivity contribution in [1.82, 2.24) is 19.6 Å². The topological polar surface area (TPSA) is 108 Å². The standard InChI is InChI=1S/C15H22N6O3/c1-6-21-12(11(16)9(3)18-21)14(22)19(4)13-10(8-17-20(13)5)15(23)24-7-2/h8H,6-7,16H2,1-5H3. The average molecular weight is 334 g/mol. The van der Waals surface area contributed by atoms with Gasteiger partial charge in [0.1, 0.15) is 17.1 Å². The number of aryl methyl sites for hydroxylation is 3. The molecule has 0 radical (unpaired) electrons. The number of nitrogens with two attached hydrogens (primary N) is 1. The Balaban J connectivity index is 2.46. The number of nitrogen functional groups attached to an aromatic ring is 1. The number of hydrogen-bond acceptors (Lipinski definition) is 6. The van der Waals surface area contributed by atoms with E-state index in [1.165, 1.54) is 15.8 Å². The molecule has 2 aromatic heterocycles. The second-order valence-corrected chi connectivity index (χ2v) is 5.25. The molecule has 1 amide bonds. The molecule has 0 aliphatic rings. The SMILES string of the molecule is CCOC(=O)c1cnn(C)c1N(C)C(=O)c1c(N)c(C)nn1CC. The van der Waals surface area contributed by atoms with Crippen LogP contribution in [0.15, 0.2) is 6.20 Å². The molecule has 9 nitrogen and oxygen atoms in total. The summed E-state index contributed by atoms with van der Waals surface area (Å²) in [4.78, 5) is 26.3. The van der Waals surface area contributed by atoms with Gasteiger partial charge in [0, 0.05) is 20.6 Å². The molecule has 2 rings (SSSR count). The molecule has 0 aliphatic carbocycles. The van der Waals surface area contributed by atoms with Crippen LogP contribution in [0.2, 0.25) is 0 Å². The predicted molar refractivity (Wildman–Crippen MR) is 88.9 cm³/mol. The van der Waals surface area contributed by atoms with Gasteiger partial charge in [0.2, 0.25) is 0 Å². The van der Waals surface area contributed by atoms with E-state index in [1.54, 1.807) is 32.6 Å². The van der Waals surface area contributed by atoms with Crippen LogP contribution in [-0.4, -0.2) is 45.1 Å². The summed E-state index contributed by atoms with van der Waals surface area (Å²) in [6, 6.07) is 0. The first-order chi connectivity index (χ1) is 11.3. The maximum Gasteiger partial charge on any atom is 0.343 e. The second kappa shape index (κ2) is 6.73. The molecule has 0 unspecified atom stereocenters. The number of anilines is 2. The van der Waals surface area contributed by atoms with Gasteiger partial charge in [-0.15, -0.1) is 0 Å². The largest absolute Gasteiger partial charge is 0.462 e. The lowest BCUT2D eigenvalue weighted by Gasteiger charge is -2.19. The van der Waals surface area contributed by atoms with Crippen LogP contribution >= 0.6 is 0 Å². The van der Waals surface area contributed by atoms with Crippen LogP contribution in [0.5, 0.6) is 0 Å². The summed E-state index contributed by atoms with van der Waals surface area (Å²) >= 11 is 0. The number of amides is 1. The molecule has 9 heteroatoms. The molecule has 0 saturated heterocycles. The molecule has 0 atom stereocenters. The molecule has 2 heterocycles. The van der Waals surface area contributed by atoms with Crippen LogP contribution in [0.4, 0.5) is 11.5 Å². The number of rotatable bonds is 5. The average Bonchev–Trinajstić information content (AvgIpc) is 3.07. The quantitative estimate of drug-likeness (QED) is 0.817. The van der Waals surface area contributed by atoms with E-state index in [0.29, 0.717) is 23.7 Å². The van der Waals surface area contributed by atoms with Gasteiger partial charge in [-0.25, -0.2) is 4.79 Å². The van der Waals surface area contributed by atoms with Crippen LogP contribution in [0.3, 0.4) is 0 Å². The number of hydrogen-bond donors (Lipinski definition) is 1. The Labute approximate surface area is 140 Å². The van der Waals surface area contributed by atoms with Gasteiger partial charge in [-0.05, 0) is 20.8 Å². The van der Waals surface area contributed by atoms with Gasteiger partial charge in [0.15, 0.2) is 0 Å². The normalized spacial score (nSPS) is 10.7. The first-order valence-corrected chi connectivity index (χ1v) is 7.63. The number of aromatic nitrogens is 4.